The lowest BCUT2D eigenvalue weighted by atomic mass is 10.0. The molecule has 0 saturated carbocycles. The number of benzene rings is 3. The van der Waals surface area contributed by atoms with E-state index in [0.717, 1.165) is 15.6 Å². The van der Waals surface area contributed by atoms with Crippen molar-refractivity contribution < 1.29 is 14.3 Å². The highest BCUT2D eigenvalue weighted by Gasteiger charge is 2.17. The van der Waals surface area contributed by atoms with Crippen molar-refractivity contribution in [2.45, 2.75) is 6.92 Å². The number of ether oxygens (including phenoxy) is 1. The molecule has 32 heavy (non-hydrogen) atoms. The average molecular weight is 510 g/mol. The number of anilines is 1. The van der Waals surface area contributed by atoms with Crippen LogP contribution in [0, 0.1) is 6.92 Å². The average Bonchev–Trinajstić information content (AvgIpc) is 2.79. The fourth-order valence-electron chi connectivity index (χ4n) is 3.24. The first kappa shape index (κ1) is 22.0. The Morgan fingerprint density at radius 1 is 1.03 bits per heavy atom. The molecule has 0 aliphatic carbocycles. The lowest BCUT2D eigenvalue weighted by Crippen LogP contribution is -2.21. The largest absolute Gasteiger partial charge is 0.452 e. The molecule has 1 N–H and O–H groups in total. The summed E-state index contributed by atoms with van der Waals surface area (Å²) >= 11 is 9.41. The predicted octanol–water partition coefficient (Wildman–Crippen LogP) is 6.42. The Morgan fingerprint density at radius 2 is 1.78 bits per heavy atom. The zero-order valence-corrected chi connectivity index (χ0v) is 19.4. The van der Waals surface area contributed by atoms with E-state index in [2.05, 4.69) is 26.2 Å². The summed E-state index contributed by atoms with van der Waals surface area (Å²) in [5, 5.41) is 4.00. The van der Waals surface area contributed by atoms with Crippen molar-refractivity contribution in [1.29, 1.82) is 0 Å². The molecular formula is C25H18BrClN2O3. The fraction of sp³-hybridized carbons (Fsp3) is 0.0800. The number of aryl methyl sites for hydroxylation is 1. The summed E-state index contributed by atoms with van der Waals surface area (Å²) in [7, 11) is 0. The van der Waals surface area contributed by atoms with E-state index in [4.69, 9.17) is 16.3 Å². The molecule has 0 aliphatic heterocycles. The van der Waals surface area contributed by atoms with Gasteiger partial charge >= 0.3 is 5.97 Å². The first-order valence-corrected chi connectivity index (χ1v) is 11.0. The second-order valence-electron chi connectivity index (χ2n) is 7.17. The monoisotopic (exact) mass is 508 g/mol. The molecule has 1 heterocycles. The maximum atomic E-state index is 12.9. The number of esters is 1. The third kappa shape index (κ3) is 4.98. The highest BCUT2D eigenvalue weighted by molar-refractivity contribution is 9.10. The lowest BCUT2D eigenvalue weighted by Gasteiger charge is -2.11. The predicted molar refractivity (Wildman–Crippen MR) is 130 cm³/mol. The van der Waals surface area contributed by atoms with Gasteiger partial charge in [-0.25, -0.2) is 9.78 Å². The van der Waals surface area contributed by atoms with Gasteiger partial charge in [0.25, 0.3) is 5.91 Å². The number of nitrogens with zero attached hydrogens (tertiary/aromatic N) is 1. The Labute approximate surface area is 198 Å². The molecular weight excluding hydrogens is 492 g/mol. The third-order valence-electron chi connectivity index (χ3n) is 4.85. The Morgan fingerprint density at radius 3 is 2.53 bits per heavy atom. The van der Waals surface area contributed by atoms with Crippen LogP contribution in [-0.4, -0.2) is 23.5 Å². The van der Waals surface area contributed by atoms with Gasteiger partial charge in [-0.3, -0.25) is 4.79 Å². The van der Waals surface area contributed by atoms with Crippen LogP contribution in [0.2, 0.25) is 5.02 Å². The van der Waals surface area contributed by atoms with E-state index < -0.39 is 18.5 Å². The third-order valence-corrected chi connectivity index (χ3v) is 5.99. The van der Waals surface area contributed by atoms with Gasteiger partial charge < -0.3 is 10.1 Å². The minimum Gasteiger partial charge on any atom is -0.452 e. The summed E-state index contributed by atoms with van der Waals surface area (Å²) in [4.78, 5) is 29.8. The van der Waals surface area contributed by atoms with Crippen molar-refractivity contribution in [2.75, 3.05) is 11.9 Å². The molecule has 0 spiro atoms. The molecule has 0 aliphatic rings. The summed E-state index contributed by atoms with van der Waals surface area (Å²) in [6.07, 6.45) is 0. The van der Waals surface area contributed by atoms with Crippen molar-refractivity contribution in [3.05, 3.63) is 93.4 Å². The molecule has 0 radical (unpaired) electrons. The number of carbonyl (C=O) groups excluding carboxylic acids is 2. The van der Waals surface area contributed by atoms with Gasteiger partial charge in [-0.2, -0.15) is 0 Å². The number of hydrogen-bond acceptors (Lipinski definition) is 4. The minimum atomic E-state index is -0.596. The van der Waals surface area contributed by atoms with E-state index in [-0.39, 0.29) is 0 Å². The van der Waals surface area contributed by atoms with Gasteiger partial charge in [-0.15, -0.1) is 0 Å². The maximum Gasteiger partial charge on any atom is 0.339 e. The van der Waals surface area contributed by atoms with Crippen molar-refractivity contribution in [1.82, 2.24) is 4.98 Å². The van der Waals surface area contributed by atoms with E-state index >= 15 is 0 Å². The Hall–Kier alpha value is -3.22. The Balaban J connectivity index is 1.55. The molecule has 0 bridgehead atoms. The molecule has 0 atom stereocenters. The smallest absolute Gasteiger partial charge is 0.339 e. The van der Waals surface area contributed by atoms with Gasteiger partial charge in [-0.05, 0) is 55.0 Å². The highest BCUT2D eigenvalue weighted by Crippen LogP contribution is 2.26. The van der Waals surface area contributed by atoms with E-state index in [1.807, 2.05) is 49.4 Å². The first-order valence-electron chi connectivity index (χ1n) is 9.79. The molecule has 1 aromatic heterocycles. The van der Waals surface area contributed by atoms with Crippen LogP contribution in [0.4, 0.5) is 5.69 Å². The van der Waals surface area contributed by atoms with E-state index in [0.29, 0.717) is 32.9 Å². The van der Waals surface area contributed by atoms with Crippen LogP contribution in [-0.2, 0) is 9.53 Å². The van der Waals surface area contributed by atoms with Gasteiger partial charge in [0.2, 0.25) is 0 Å². The van der Waals surface area contributed by atoms with Gasteiger partial charge in [0.05, 0.1) is 16.8 Å². The quantitative estimate of drug-likeness (QED) is 0.315. The van der Waals surface area contributed by atoms with Crippen LogP contribution in [0.1, 0.15) is 15.9 Å². The minimum absolute atomic E-state index is 0.341. The lowest BCUT2D eigenvalue weighted by molar-refractivity contribution is -0.119. The highest BCUT2D eigenvalue weighted by atomic mass is 79.9. The summed E-state index contributed by atoms with van der Waals surface area (Å²) in [6.45, 7) is 1.52. The van der Waals surface area contributed by atoms with Gasteiger partial charge in [-0.1, -0.05) is 57.9 Å². The van der Waals surface area contributed by atoms with Crippen LogP contribution >= 0.6 is 27.5 Å². The molecule has 1 amide bonds. The summed E-state index contributed by atoms with van der Waals surface area (Å²) in [5.41, 5.74) is 4.04. The van der Waals surface area contributed by atoms with E-state index in [1.54, 1.807) is 30.3 Å². The van der Waals surface area contributed by atoms with Crippen LogP contribution in [0.5, 0.6) is 0 Å². The topological polar surface area (TPSA) is 68.3 Å². The van der Waals surface area contributed by atoms with Crippen LogP contribution in [0.15, 0.2) is 77.3 Å². The first-order chi connectivity index (χ1) is 15.4. The number of hydrogen-bond donors (Lipinski definition) is 1. The number of aromatic nitrogens is 1. The molecule has 7 heteroatoms. The SMILES string of the molecule is Cc1cc(NC(=O)COC(=O)c2cc(-c3ccc(Cl)cc3)nc3ccccc23)ccc1Br. The zero-order valence-electron chi connectivity index (χ0n) is 17.1. The van der Waals surface area contributed by atoms with Crippen molar-refractivity contribution in [3.8, 4) is 11.3 Å². The van der Waals surface area contributed by atoms with E-state index in [9.17, 15) is 9.59 Å². The van der Waals surface area contributed by atoms with Crippen LogP contribution in [0.3, 0.4) is 0 Å². The number of halogens is 2. The van der Waals surface area contributed by atoms with Crippen molar-refractivity contribution >= 4 is 56.0 Å². The number of pyridine rings is 1. The second kappa shape index (κ2) is 9.51. The zero-order chi connectivity index (χ0) is 22.7. The molecule has 0 unspecified atom stereocenters. The normalized spacial score (nSPS) is 10.7. The number of amides is 1. The number of fused-ring (bicyclic) bond motifs is 1. The second-order valence-corrected chi connectivity index (χ2v) is 8.46. The summed E-state index contributed by atoms with van der Waals surface area (Å²) in [6, 6.07) is 21.6. The summed E-state index contributed by atoms with van der Waals surface area (Å²) < 4.78 is 6.27. The van der Waals surface area contributed by atoms with Crippen LogP contribution < -0.4 is 5.32 Å². The fourth-order valence-corrected chi connectivity index (χ4v) is 3.61. The summed E-state index contributed by atoms with van der Waals surface area (Å²) in [5.74, 6) is -1.02. The Bertz CT molecular complexity index is 1320. The molecule has 5 nitrogen and oxygen atoms in total. The van der Waals surface area contributed by atoms with Crippen molar-refractivity contribution in [2.24, 2.45) is 0 Å². The number of carbonyl (C=O) groups is 2. The Kier molecular flexibility index (Phi) is 6.53. The molecule has 0 fully saturated rings. The van der Waals surface area contributed by atoms with Gasteiger partial charge in [0, 0.05) is 26.1 Å². The molecule has 3 aromatic carbocycles. The van der Waals surface area contributed by atoms with Crippen molar-refractivity contribution in [3.63, 3.8) is 0 Å². The van der Waals surface area contributed by atoms with Gasteiger partial charge in [0.1, 0.15) is 0 Å². The van der Waals surface area contributed by atoms with Gasteiger partial charge in [0.15, 0.2) is 6.61 Å². The molecule has 0 saturated heterocycles. The number of nitrogens with one attached hydrogen (secondary N) is 1. The van der Waals surface area contributed by atoms with E-state index in [1.165, 1.54) is 0 Å². The van der Waals surface area contributed by atoms with Crippen LogP contribution in [0.25, 0.3) is 22.2 Å². The maximum absolute atomic E-state index is 12.9. The standard InChI is InChI=1S/C25H18BrClN2O3/c1-15-12-18(10-11-21(15)26)28-24(30)14-32-25(31)20-13-23(16-6-8-17(27)9-7-16)29-22-5-3-2-4-19(20)22/h2-13H,14H2,1H3,(H,28,30). The number of rotatable bonds is 5. The molecule has 4 aromatic rings. The molecule has 160 valence electrons. The molecule has 4 rings (SSSR count). The number of para-hydroxylation sites is 1.